The monoisotopic (exact) mass is 391 g/mol. The van der Waals surface area contributed by atoms with Crippen molar-refractivity contribution in [2.45, 2.75) is 0 Å². The number of likely N-dealkylation sites (N-methyl/N-ethyl adjacent to an activating group) is 1. The van der Waals surface area contributed by atoms with Crippen molar-refractivity contribution in [1.82, 2.24) is 15.6 Å². The average Bonchev–Trinajstić information content (AvgIpc) is 3.04. The summed E-state index contributed by atoms with van der Waals surface area (Å²) in [5.74, 6) is 1.31. The first-order valence-corrected chi connectivity index (χ1v) is 7.94. The van der Waals surface area contributed by atoms with E-state index in [0.717, 1.165) is 28.6 Å². The molecule has 2 heterocycles. The highest BCUT2D eigenvalue weighted by Crippen LogP contribution is 2.35. The zero-order chi connectivity index (χ0) is 15.4. The number of thiazole rings is 1. The lowest BCUT2D eigenvalue weighted by Crippen LogP contribution is -2.30. The van der Waals surface area contributed by atoms with Crippen LogP contribution >= 0.6 is 36.2 Å². The van der Waals surface area contributed by atoms with Crippen LogP contribution in [0.3, 0.4) is 0 Å². The zero-order valence-corrected chi connectivity index (χ0v) is 15.5. The standard InChI is InChI=1S/C15H17N3O3S.2ClH/c1-16-4-5-17-14(19)11-9-22-15(18-11)10-2-3-12-13(8-10)21-7-6-20-12;;/h2-3,8-9,16H,4-7H2,1H3,(H,17,19);2*1H. The molecule has 0 unspecified atom stereocenters. The van der Waals surface area contributed by atoms with Crippen molar-refractivity contribution in [3.63, 3.8) is 0 Å². The van der Waals surface area contributed by atoms with Gasteiger partial charge in [-0.1, -0.05) is 0 Å². The largest absolute Gasteiger partial charge is 0.486 e. The lowest BCUT2D eigenvalue weighted by molar-refractivity contribution is 0.0950. The summed E-state index contributed by atoms with van der Waals surface area (Å²) in [4.78, 5) is 16.4. The number of amides is 1. The van der Waals surface area contributed by atoms with Crippen LogP contribution in [0.4, 0.5) is 0 Å². The third-order valence-corrected chi connectivity index (χ3v) is 4.08. The van der Waals surface area contributed by atoms with Crippen LogP contribution in [0.5, 0.6) is 11.5 Å². The van der Waals surface area contributed by atoms with Gasteiger partial charge in [0.25, 0.3) is 5.91 Å². The van der Waals surface area contributed by atoms with Crippen molar-refractivity contribution in [3.05, 3.63) is 29.3 Å². The molecule has 1 aromatic heterocycles. The van der Waals surface area contributed by atoms with Gasteiger partial charge in [-0.3, -0.25) is 4.79 Å². The van der Waals surface area contributed by atoms with Crippen molar-refractivity contribution >= 4 is 42.1 Å². The van der Waals surface area contributed by atoms with Gasteiger partial charge in [-0.2, -0.15) is 0 Å². The Labute approximate surface area is 156 Å². The van der Waals surface area contributed by atoms with Gasteiger partial charge < -0.3 is 20.1 Å². The van der Waals surface area contributed by atoms with E-state index in [1.54, 1.807) is 5.38 Å². The minimum absolute atomic E-state index is 0. The third kappa shape index (κ3) is 4.73. The summed E-state index contributed by atoms with van der Waals surface area (Å²) in [5.41, 5.74) is 1.36. The molecular formula is C15H19Cl2N3O3S. The molecule has 3 rings (SSSR count). The van der Waals surface area contributed by atoms with Crippen molar-refractivity contribution in [2.75, 3.05) is 33.4 Å². The van der Waals surface area contributed by atoms with Crippen molar-refractivity contribution in [2.24, 2.45) is 0 Å². The maximum absolute atomic E-state index is 12.0. The van der Waals surface area contributed by atoms with Crippen LogP contribution in [0.2, 0.25) is 0 Å². The quantitative estimate of drug-likeness (QED) is 0.765. The highest BCUT2D eigenvalue weighted by atomic mass is 35.5. The molecule has 6 nitrogen and oxygen atoms in total. The van der Waals surface area contributed by atoms with Crippen molar-refractivity contribution < 1.29 is 14.3 Å². The van der Waals surface area contributed by atoms with E-state index in [1.165, 1.54) is 11.3 Å². The van der Waals surface area contributed by atoms with Crippen LogP contribution in [-0.4, -0.2) is 44.2 Å². The molecule has 1 aliphatic heterocycles. The molecular weight excluding hydrogens is 373 g/mol. The van der Waals surface area contributed by atoms with Crippen LogP contribution in [0.25, 0.3) is 10.6 Å². The number of halogens is 2. The van der Waals surface area contributed by atoms with Gasteiger partial charge in [0.15, 0.2) is 11.5 Å². The van der Waals surface area contributed by atoms with Gasteiger partial charge in [-0.25, -0.2) is 4.98 Å². The maximum Gasteiger partial charge on any atom is 0.270 e. The normalized spacial score (nSPS) is 11.9. The highest BCUT2D eigenvalue weighted by molar-refractivity contribution is 7.13. The molecule has 0 saturated carbocycles. The number of ether oxygens (including phenoxy) is 2. The zero-order valence-electron chi connectivity index (χ0n) is 13.0. The molecule has 2 N–H and O–H groups in total. The van der Waals surface area contributed by atoms with Crippen LogP contribution < -0.4 is 20.1 Å². The van der Waals surface area contributed by atoms with Gasteiger partial charge in [0.1, 0.15) is 23.9 Å². The highest BCUT2D eigenvalue weighted by Gasteiger charge is 2.15. The summed E-state index contributed by atoms with van der Waals surface area (Å²) in [5, 5.41) is 8.34. The van der Waals surface area contributed by atoms with E-state index in [9.17, 15) is 4.79 Å². The molecule has 2 aromatic rings. The Balaban J connectivity index is 0.00000144. The van der Waals surface area contributed by atoms with Gasteiger partial charge in [-0.05, 0) is 25.2 Å². The Morgan fingerprint density at radius 1 is 1.21 bits per heavy atom. The molecule has 9 heteroatoms. The van der Waals surface area contributed by atoms with E-state index in [1.807, 2.05) is 25.2 Å². The molecule has 0 spiro atoms. The van der Waals surface area contributed by atoms with Gasteiger partial charge in [0, 0.05) is 24.0 Å². The number of rotatable bonds is 5. The fourth-order valence-electron chi connectivity index (χ4n) is 2.08. The van der Waals surface area contributed by atoms with E-state index in [-0.39, 0.29) is 30.7 Å². The van der Waals surface area contributed by atoms with Gasteiger partial charge in [0.2, 0.25) is 0 Å². The second-order valence-electron chi connectivity index (χ2n) is 4.76. The Kier molecular flexibility index (Phi) is 8.27. The Hall–Kier alpha value is -1.54. The SMILES string of the molecule is CNCCNC(=O)c1csc(-c2ccc3c(c2)OCCO3)n1.Cl.Cl. The minimum Gasteiger partial charge on any atom is -0.486 e. The number of fused-ring (bicyclic) bond motifs is 1. The molecule has 0 atom stereocenters. The predicted octanol–water partition coefficient (Wildman–Crippen LogP) is 2.37. The second-order valence-corrected chi connectivity index (χ2v) is 5.61. The smallest absolute Gasteiger partial charge is 0.270 e. The summed E-state index contributed by atoms with van der Waals surface area (Å²) in [7, 11) is 1.84. The summed E-state index contributed by atoms with van der Waals surface area (Å²) in [6.07, 6.45) is 0. The summed E-state index contributed by atoms with van der Waals surface area (Å²) in [6, 6.07) is 5.70. The summed E-state index contributed by atoms with van der Waals surface area (Å²) >= 11 is 1.44. The molecule has 0 radical (unpaired) electrons. The fraction of sp³-hybridized carbons (Fsp3) is 0.333. The number of carbonyl (C=O) groups is 1. The average molecular weight is 392 g/mol. The molecule has 0 fully saturated rings. The summed E-state index contributed by atoms with van der Waals surface area (Å²) < 4.78 is 11.1. The number of aromatic nitrogens is 1. The molecule has 0 bridgehead atoms. The Bertz CT molecular complexity index is 682. The van der Waals surface area contributed by atoms with E-state index in [4.69, 9.17) is 9.47 Å². The number of hydrogen-bond acceptors (Lipinski definition) is 6. The first-order valence-electron chi connectivity index (χ1n) is 7.06. The Morgan fingerprint density at radius 2 is 1.96 bits per heavy atom. The van der Waals surface area contributed by atoms with Crippen LogP contribution in [0, 0.1) is 0 Å². The lowest BCUT2D eigenvalue weighted by Gasteiger charge is -2.18. The third-order valence-electron chi connectivity index (χ3n) is 3.19. The van der Waals surface area contributed by atoms with Crippen LogP contribution in [0.15, 0.2) is 23.6 Å². The molecule has 0 aliphatic carbocycles. The minimum atomic E-state index is -0.157. The number of nitrogens with zero attached hydrogens (tertiary/aromatic N) is 1. The first-order chi connectivity index (χ1) is 10.8. The van der Waals surface area contributed by atoms with Gasteiger partial charge >= 0.3 is 0 Å². The molecule has 24 heavy (non-hydrogen) atoms. The van der Waals surface area contributed by atoms with E-state index in [2.05, 4.69) is 15.6 Å². The number of nitrogens with one attached hydrogen (secondary N) is 2. The van der Waals surface area contributed by atoms with Gasteiger partial charge in [0.05, 0.1) is 0 Å². The molecule has 1 aliphatic rings. The van der Waals surface area contributed by atoms with Gasteiger partial charge in [-0.15, -0.1) is 36.2 Å². The summed E-state index contributed by atoms with van der Waals surface area (Å²) in [6.45, 7) is 2.42. The first kappa shape index (κ1) is 20.5. The van der Waals surface area contributed by atoms with Crippen molar-refractivity contribution in [3.8, 4) is 22.1 Å². The van der Waals surface area contributed by atoms with E-state index >= 15 is 0 Å². The molecule has 1 amide bonds. The van der Waals surface area contributed by atoms with Crippen LogP contribution in [0.1, 0.15) is 10.5 Å². The maximum atomic E-state index is 12.0. The predicted molar refractivity (Wildman–Crippen MR) is 99.3 cm³/mol. The molecule has 0 saturated heterocycles. The van der Waals surface area contributed by atoms with E-state index < -0.39 is 0 Å². The van der Waals surface area contributed by atoms with Crippen molar-refractivity contribution in [1.29, 1.82) is 0 Å². The molecule has 132 valence electrons. The number of benzene rings is 1. The molecule has 1 aromatic carbocycles. The lowest BCUT2D eigenvalue weighted by atomic mass is 10.2. The Morgan fingerprint density at radius 3 is 2.71 bits per heavy atom. The second kappa shape index (κ2) is 9.68. The van der Waals surface area contributed by atoms with Crippen LogP contribution in [-0.2, 0) is 0 Å². The number of carbonyl (C=O) groups excluding carboxylic acids is 1. The fourth-order valence-corrected chi connectivity index (χ4v) is 2.88. The topological polar surface area (TPSA) is 72.5 Å². The number of hydrogen-bond donors (Lipinski definition) is 2. The van der Waals surface area contributed by atoms with E-state index in [0.29, 0.717) is 25.5 Å².